The van der Waals surface area contributed by atoms with E-state index >= 15 is 0 Å². The molecule has 0 aliphatic carbocycles. The smallest absolute Gasteiger partial charge is 0.104 e. The number of allylic oxidation sites excluding steroid dienone is 8. The Hall–Kier alpha value is -1.24. The molecule has 0 fully saturated rings. The zero-order valence-corrected chi connectivity index (χ0v) is 33.1. The van der Waals surface area contributed by atoms with Crippen LogP contribution >= 0.6 is 0 Å². The Balaban J connectivity index is 3.93. The normalized spacial score (nSPS) is 13.8. The summed E-state index contributed by atoms with van der Waals surface area (Å²) in [6, 6.07) is 0. The minimum absolute atomic E-state index is 0.0749. The van der Waals surface area contributed by atoms with Crippen molar-refractivity contribution in [2.75, 3.05) is 53.7 Å². The van der Waals surface area contributed by atoms with E-state index in [0.717, 1.165) is 38.9 Å². The van der Waals surface area contributed by atoms with E-state index in [1.807, 2.05) is 19.0 Å². The zero-order valence-electron chi connectivity index (χ0n) is 33.1. The van der Waals surface area contributed by atoms with Gasteiger partial charge in [0, 0.05) is 19.8 Å². The Morgan fingerprint density at radius 3 is 1.35 bits per heavy atom. The second-order valence-corrected chi connectivity index (χ2v) is 14.2. The number of nitrogens with zero attached hydrogens (tertiary/aromatic N) is 1. The van der Waals surface area contributed by atoms with E-state index in [4.69, 9.17) is 14.2 Å². The second kappa shape index (κ2) is 41.2. The van der Waals surface area contributed by atoms with E-state index in [1.165, 1.54) is 128 Å². The van der Waals surface area contributed by atoms with Crippen molar-refractivity contribution in [3.63, 3.8) is 0 Å². The van der Waals surface area contributed by atoms with Crippen LogP contribution in [0.25, 0.3) is 0 Å². The molecule has 49 heavy (non-hydrogen) atoms. The first-order valence-electron chi connectivity index (χ1n) is 20.8. The second-order valence-electron chi connectivity index (χ2n) is 14.2. The summed E-state index contributed by atoms with van der Waals surface area (Å²) < 4.78 is 18.0. The Morgan fingerprint density at radius 2 is 0.878 bits per heavy atom. The first kappa shape index (κ1) is 47.8. The van der Waals surface area contributed by atoms with Gasteiger partial charge in [-0.25, -0.2) is 0 Å². The van der Waals surface area contributed by atoms with Crippen LogP contribution in [0.15, 0.2) is 48.6 Å². The molecule has 0 saturated heterocycles. The predicted molar refractivity (Wildman–Crippen MR) is 215 cm³/mol. The fourth-order valence-electron chi connectivity index (χ4n) is 5.70. The fraction of sp³-hybridized carbons (Fsp3) is 0.818. The van der Waals surface area contributed by atoms with Gasteiger partial charge in [-0.1, -0.05) is 140 Å². The monoisotopic (exact) mass is 690 g/mol. The highest BCUT2D eigenvalue weighted by Gasteiger charge is 2.12. The number of aliphatic hydroxyl groups is 1. The lowest BCUT2D eigenvalue weighted by Gasteiger charge is -2.20. The van der Waals surface area contributed by atoms with Crippen molar-refractivity contribution in [1.82, 2.24) is 4.90 Å². The van der Waals surface area contributed by atoms with Crippen LogP contribution in [0.1, 0.15) is 168 Å². The van der Waals surface area contributed by atoms with Crippen molar-refractivity contribution >= 4 is 0 Å². The molecule has 0 radical (unpaired) electrons. The highest BCUT2D eigenvalue weighted by Crippen LogP contribution is 2.11. The lowest BCUT2D eigenvalue weighted by Crippen LogP contribution is -2.32. The summed E-state index contributed by atoms with van der Waals surface area (Å²) in [4.78, 5) is 1.98. The van der Waals surface area contributed by atoms with Gasteiger partial charge in [0.1, 0.15) is 6.10 Å². The average Bonchev–Trinajstić information content (AvgIpc) is 3.08. The van der Waals surface area contributed by atoms with E-state index in [0.29, 0.717) is 26.4 Å². The molecule has 2 unspecified atom stereocenters. The summed E-state index contributed by atoms with van der Waals surface area (Å²) in [6.45, 7) is 8.00. The molecule has 0 bridgehead atoms. The Labute approximate surface area is 306 Å². The van der Waals surface area contributed by atoms with Crippen LogP contribution in [0.2, 0.25) is 0 Å². The summed E-state index contributed by atoms with van der Waals surface area (Å²) in [6.07, 6.45) is 48.1. The molecule has 0 saturated carbocycles. The van der Waals surface area contributed by atoms with E-state index < -0.39 is 6.10 Å². The number of hydrogen-bond donors (Lipinski definition) is 1. The van der Waals surface area contributed by atoms with Crippen molar-refractivity contribution in [1.29, 1.82) is 0 Å². The molecule has 5 nitrogen and oxygen atoms in total. The maximum absolute atomic E-state index is 10.2. The van der Waals surface area contributed by atoms with Crippen LogP contribution in [-0.4, -0.2) is 75.9 Å². The van der Waals surface area contributed by atoms with Crippen molar-refractivity contribution in [2.24, 2.45) is 0 Å². The van der Waals surface area contributed by atoms with Crippen LogP contribution in [0.5, 0.6) is 0 Å². The van der Waals surface area contributed by atoms with Gasteiger partial charge < -0.3 is 24.2 Å². The number of ether oxygens (including phenoxy) is 3. The molecule has 0 aromatic heterocycles. The highest BCUT2D eigenvalue weighted by atomic mass is 16.6. The summed E-state index contributed by atoms with van der Waals surface area (Å²) in [5.41, 5.74) is 0. The molecule has 5 heteroatoms. The van der Waals surface area contributed by atoms with Crippen LogP contribution in [0.3, 0.4) is 0 Å². The van der Waals surface area contributed by atoms with Crippen molar-refractivity contribution in [2.45, 2.75) is 180 Å². The predicted octanol–water partition coefficient (Wildman–Crippen LogP) is 12.0. The quantitative estimate of drug-likeness (QED) is 0.0514. The molecule has 2 atom stereocenters. The van der Waals surface area contributed by atoms with Crippen molar-refractivity contribution in [3.8, 4) is 0 Å². The molecule has 0 aliphatic rings. The first-order valence-corrected chi connectivity index (χ1v) is 20.8. The third-order valence-corrected chi connectivity index (χ3v) is 8.68. The van der Waals surface area contributed by atoms with Gasteiger partial charge in [-0.3, -0.25) is 0 Å². The molecule has 0 aliphatic heterocycles. The number of unbranched alkanes of at least 4 members (excludes halogenated alkanes) is 18. The minimum atomic E-state index is -0.484. The van der Waals surface area contributed by atoms with Gasteiger partial charge in [0.15, 0.2) is 0 Å². The standard InChI is InChI=1S/C44H83NO4/c1-5-7-9-11-13-15-17-19-21-23-25-27-29-31-33-35-37-47-41-44(42-48-40-43(46)39-45(3)4)49-38-36-34-32-30-28-26-24-22-20-18-16-14-12-10-8-6-2/h13-16,19-22,43-44,46H,5-12,17-18,23-42H2,1-4H3/b15-13-,16-14-,21-19-,22-20-. The highest BCUT2D eigenvalue weighted by molar-refractivity contribution is 4.93. The summed E-state index contributed by atoms with van der Waals surface area (Å²) in [5.74, 6) is 0. The molecule has 0 heterocycles. The summed E-state index contributed by atoms with van der Waals surface area (Å²) in [7, 11) is 3.92. The largest absolute Gasteiger partial charge is 0.389 e. The van der Waals surface area contributed by atoms with Crippen LogP contribution in [-0.2, 0) is 14.2 Å². The molecular weight excluding hydrogens is 606 g/mol. The molecule has 288 valence electrons. The average molecular weight is 690 g/mol. The van der Waals surface area contributed by atoms with Crippen LogP contribution in [0.4, 0.5) is 0 Å². The number of likely N-dealkylation sites (N-methyl/N-ethyl adjacent to an activating group) is 1. The van der Waals surface area contributed by atoms with Crippen LogP contribution < -0.4 is 0 Å². The Kier molecular flexibility index (Phi) is 40.1. The maximum Gasteiger partial charge on any atom is 0.104 e. The van der Waals surface area contributed by atoms with E-state index in [1.54, 1.807) is 0 Å². The lowest BCUT2D eigenvalue weighted by atomic mass is 10.1. The van der Waals surface area contributed by atoms with E-state index in [9.17, 15) is 5.11 Å². The van der Waals surface area contributed by atoms with Gasteiger partial charge in [-0.05, 0) is 91.1 Å². The van der Waals surface area contributed by atoms with Crippen LogP contribution in [0, 0.1) is 0 Å². The van der Waals surface area contributed by atoms with Crippen molar-refractivity contribution in [3.05, 3.63) is 48.6 Å². The van der Waals surface area contributed by atoms with Gasteiger partial charge >= 0.3 is 0 Å². The number of rotatable bonds is 39. The van der Waals surface area contributed by atoms with E-state index in [-0.39, 0.29) is 6.10 Å². The van der Waals surface area contributed by atoms with Gasteiger partial charge in [-0.2, -0.15) is 0 Å². The third-order valence-electron chi connectivity index (χ3n) is 8.68. The molecule has 0 spiro atoms. The number of aliphatic hydroxyl groups excluding tert-OH is 1. The van der Waals surface area contributed by atoms with Gasteiger partial charge in [0.2, 0.25) is 0 Å². The molecule has 0 amide bonds. The molecule has 0 rings (SSSR count). The molecular formula is C44H83NO4. The lowest BCUT2D eigenvalue weighted by molar-refractivity contribution is -0.0743. The molecule has 1 N–H and O–H groups in total. The number of hydrogen-bond acceptors (Lipinski definition) is 5. The van der Waals surface area contributed by atoms with E-state index in [2.05, 4.69) is 62.5 Å². The molecule has 0 aromatic carbocycles. The van der Waals surface area contributed by atoms with Gasteiger partial charge in [-0.15, -0.1) is 0 Å². The van der Waals surface area contributed by atoms with Gasteiger partial charge in [0.25, 0.3) is 0 Å². The first-order chi connectivity index (χ1) is 24.1. The zero-order chi connectivity index (χ0) is 35.7. The van der Waals surface area contributed by atoms with Gasteiger partial charge in [0.05, 0.1) is 25.9 Å². The topological polar surface area (TPSA) is 51.2 Å². The summed E-state index contributed by atoms with van der Waals surface area (Å²) in [5, 5.41) is 10.2. The fourth-order valence-corrected chi connectivity index (χ4v) is 5.70. The summed E-state index contributed by atoms with van der Waals surface area (Å²) >= 11 is 0. The van der Waals surface area contributed by atoms with Crippen molar-refractivity contribution < 1.29 is 19.3 Å². The SMILES string of the molecule is CCCCC/C=C\C/C=C\CCCCCCCCOCC(COCC(O)CN(C)C)OCCCCCCCC/C=C\C/C=C\CCCCC. The Bertz CT molecular complexity index is 747. The Morgan fingerprint density at radius 1 is 0.469 bits per heavy atom. The third kappa shape index (κ3) is 41.1. The minimum Gasteiger partial charge on any atom is -0.389 e. The maximum atomic E-state index is 10.2. The molecule has 0 aromatic rings.